The molecule has 4 aromatic carbocycles. The van der Waals surface area contributed by atoms with Gasteiger partial charge in [-0.2, -0.15) is 5.26 Å². The van der Waals surface area contributed by atoms with Crippen molar-refractivity contribution in [2.24, 2.45) is 0 Å². The van der Waals surface area contributed by atoms with Crippen LogP contribution in [-0.4, -0.2) is 37.2 Å². The molecule has 2 atom stereocenters. The summed E-state index contributed by atoms with van der Waals surface area (Å²) in [6.45, 7) is 1.80. The fourth-order valence-corrected chi connectivity index (χ4v) is 8.45. The number of para-hydroxylation sites is 1. The molecule has 268 valence electrons. The van der Waals surface area contributed by atoms with Crippen LogP contribution >= 0.6 is 23.1 Å². The molecule has 1 aromatic heterocycles. The van der Waals surface area contributed by atoms with Gasteiger partial charge in [0, 0.05) is 26.6 Å². The molecule has 2 unspecified atom stereocenters. The molecule has 5 aromatic rings. The molecule has 53 heavy (non-hydrogen) atoms. The van der Waals surface area contributed by atoms with E-state index in [-0.39, 0.29) is 11.6 Å². The van der Waals surface area contributed by atoms with Crippen molar-refractivity contribution >= 4 is 57.6 Å². The maximum Gasteiger partial charge on any atom is 0.272 e. The number of nitriles is 1. The SMILES string of the molecule is COc1cccc(/C=C(/NC(=O)c2ccccc2)C(=O)Nc2cccc(SC(C)C(=O)Nc3sc4c(c3C#N)CCC(c3ccccc3)C4)c2)c1OC. The van der Waals surface area contributed by atoms with E-state index in [2.05, 4.69) is 46.3 Å². The van der Waals surface area contributed by atoms with Crippen LogP contribution in [0.4, 0.5) is 10.7 Å². The van der Waals surface area contributed by atoms with Gasteiger partial charge in [-0.3, -0.25) is 14.4 Å². The summed E-state index contributed by atoms with van der Waals surface area (Å²) < 4.78 is 11.0. The summed E-state index contributed by atoms with van der Waals surface area (Å²) in [6, 6.07) is 33.7. The standard InChI is InChI=1S/C42H38N4O5S2/c1-26(39(47)46-42-34(25-43)33-21-20-29(23-37(33)53-42)27-12-6-4-7-13-27)52-32-18-11-17-31(24-32)44-41(49)35(45-40(48)28-14-8-5-9-15-28)22-30-16-10-19-36(50-2)38(30)51-3/h4-19,22,24,26,29H,20-21,23H2,1-3H3,(H,44,49)(H,45,48)(H,46,47)/b35-22+. The highest BCUT2D eigenvalue weighted by Gasteiger charge is 2.28. The Kier molecular flexibility index (Phi) is 11.9. The van der Waals surface area contributed by atoms with E-state index in [9.17, 15) is 19.6 Å². The lowest BCUT2D eigenvalue weighted by molar-refractivity contribution is -0.115. The summed E-state index contributed by atoms with van der Waals surface area (Å²) in [5.41, 5.74) is 4.25. The highest BCUT2D eigenvalue weighted by molar-refractivity contribution is 8.00. The predicted octanol–water partition coefficient (Wildman–Crippen LogP) is 8.44. The van der Waals surface area contributed by atoms with Crippen molar-refractivity contribution in [3.05, 3.63) is 142 Å². The van der Waals surface area contributed by atoms with Crippen LogP contribution in [0, 0.1) is 11.3 Å². The lowest BCUT2D eigenvalue weighted by atomic mass is 9.83. The molecule has 0 bridgehead atoms. The Morgan fingerprint density at radius 3 is 2.38 bits per heavy atom. The molecular formula is C42H38N4O5S2. The quantitative estimate of drug-likeness (QED) is 0.0865. The number of hydrogen-bond donors (Lipinski definition) is 3. The molecule has 0 saturated carbocycles. The molecule has 9 nitrogen and oxygen atoms in total. The summed E-state index contributed by atoms with van der Waals surface area (Å²) in [4.78, 5) is 42.3. The minimum Gasteiger partial charge on any atom is -0.493 e. The molecule has 0 saturated heterocycles. The van der Waals surface area contributed by atoms with Crippen molar-refractivity contribution < 1.29 is 23.9 Å². The van der Waals surface area contributed by atoms with Gasteiger partial charge in [0.1, 0.15) is 16.8 Å². The predicted molar refractivity (Wildman–Crippen MR) is 211 cm³/mol. The van der Waals surface area contributed by atoms with E-state index in [1.807, 2.05) is 12.1 Å². The van der Waals surface area contributed by atoms with Crippen LogP contribution in [0.2, 0.25) is 0 Å². The lowest BCUT2D eigenvalue weighted by Crippen LogP contribution is -2.30. The molecule has 3 amide bonds. The van der Waals surface area contributed by atoms with Crippen molar-refractivity contribution in [2.75, 3.05) is 24.9 Å². The maximum absolute atomic E-state index is 13.8. The molecule has 0 spiro atoms. The van der Waals surface area contributed by atoms with E-state index in [4.69, 9.17) is 9.47 Å². The summed E-state index contributed by atoms with van der Waals surface area (Å²) in [5, 5.41) is 18.8. The molecule has 6 rings (SSSR count). The molecule has 1 aliphatic carbocycles. The highest BCUT2D eigenvalue weighted by atomic mass is 32.2. The van der Waals surface area contributed by atoms with Crippen LogP contribution in [0.25, 0.3) is 6.08 Å². The van der Waals surface area contributed by atoms with E-state index in [1.165, 1.54) is 49.0 Å². The second-order valence-electron chi connectivity index (χ2n) is 12.4. The van der Waals surface area contributed by atoms with Crippen LogP contribution in [0.1, 0.15) is 56.8 Å². The smallest absolute Gasteiger partial charge is 0.272 e. The average molecular weight is 743 g/mol. The number of fused-ring (bicyclic) bond motifs is 1. The molecule has 1 aliphatic rings. The van der Waals surface area contributed by atoms with E-state index in [0.29, 0.717) is 44.8 Å². The summed E-state index contributed by atoms with van der Waals surface area (Å²) in [7, 11) is 3.02. The Morgan fingerprint density at radius 2 is 1.66 bits per heavy atom. The number of nitrogens with zero attached hydrogens (tertiary/aromatic N) is 1. The Bertz CT molecular complexity index is 2190. The topological polar surface area (TPSA) is 130 Å². The number of amides is 3. The monoisotopic (exact) mass is 742 g/mol. The third kappa shape index (κ3) is 8.80. The summed E-state index contributed by atoms with van der Waals surface area (Å²) in [6.07, 6.45) is 4.13. The lowest BCUT2D eigenvalue weighted by Gasteiger charge is -2.22. The van der Waals surface area contributed by atoms with Crippen molar-refractivity contribution in [1.29, 1.82) is 5.26 Å². The molecule has 0 fully saturated rings. The van der Waals surface area contributed by atoms with Crippen LogP contribution < -0.4 is 25.4 Å². The number of hydrogen-bond acceptors (Lipinski definition) is 8. The fraction of sp³-hybridized carbons (Fsp3) is 0.190. The van der Waals surface area contributed by atoms with Crippen molar-refractivity contribution in [2.45, 2.75) is 42.2 Å². The first kappa shape index (κ1) is 36.9. The van der Waals surface area contributed by atoms with Crippen molar-refractivity contribution in [1.82, 2.24) is 5.32 Å². The van der Waals surface area contributed by atoms with Crippen molar-refractivity contribution in [3.8, 4) is 17.6 Å². The van der Waals surface area contributed by atoms with E-state index in [0.717, 1.165) is 34.6 Å². The van der Waals surface area contributed by atoms with Gasteiger partial charge in [-0.05, 0) is 85.7 Å². The number of anilines is 2. The average Bonchev–Trinajstić information content (AvgIpc) is 3.54. The third-order valence-electron chi connectivity index (χ3n) is 8.92. The summed E-state index contributed by atoms with van der Waals surface area (Å²) in [5.74, 6) is 0.0159. The van der Waals surface area contributed by atoms with Gasteiger partial charge in [0.15, 0.2) is 11.5 Å². The normalized spacial score (nSPS) is 14.2. The second-order valence-corrected chi connectivity index (χ2v) is 14.9. The minimum absolute atomic E-state index is 0.0155. The number of rotatable bonds is 12. The zero-order valence-electron chi connectivity index (χ0n) is 29.5. The number of thioether (sulfide) groups is 1. The van der Waals surface area contributed by atoms with Gasteiger partial charge < -0.3 is 25.4 Å². The van der Waals surface area contributed by atoms with Gasteiger partial charge >= 0.3 is 0 Å². The van der Waals surface area contributed by atoms with Crippen LogP contribution in [0.5, 0.6) is 11.5 Å². The van der Waals surface area contributed by atoms with Crippen LogP contribution in [0.3, 0.4) is 0 Å². The maximum atomic E-state index is 13.8. The third-order valence-corrected chi connectivity index (χ3v) is 11.2. The van der Waals surface area contributed by atoms with Crippen molar-refractivity contribution in [3.63, 3.8) is 0 Å². The molecule has 0 aliphatic heterocycles. The molecule has 0 radical (unpaired) electrons. The minimum atomic E-state index is -0.563. The van der Waals surface area contributed by atoms with Gasteiger partial charge in [0.25, 0.3) is 11.8 Å². The van der Waals surface area contributed by atoms with E-state index < -0.39 is 17.1 Å². The Morgan fingerprint density at radius 1 is 0.925 bits per heavy atom. The molecule has 3 N–H and O–H groups in total. The first-order valence-electron chi connectivity index (χ1n) is 17.1. The van der Waals surface area contributed by atoms with Gasteiger partial charge in [-0.15, -0.1) is 23.1 Å². The van der Waals surface area contributed by atoms with E-state index in [1.54, 1.807) is 73.7 Å². The summed E-state index contributed by atoms with van der Waals surface area (Å²) >= 11 is 2.82. The van der Waals surface area contributed by atoms with Crippen LogP contribution in [-0.2, 0) is 22.4 Å². The van der Waals surface area contributed by atoms with E-state index >= 15 is 0 Å². The molecule has 1 heterocycles. The van der Waals surface area contributed by atoms with Gasteiger partial charge in [0.05, 0.1) is 25.0 Å². The Balaban J connectivity index is 1.16. The number of carbonyl (C=O) groups excluding carboxylic acids is 3. The van der Waals surface area contributed by atoms with Gasteiger partial charge in [0.2, 0.25) is 5.91 Å². The number of carbonyl (C=O) groups is 3. The number of thiophene rings is 1. The Labute approximate surface area is 317 Å². The number of methoxy groups -OCH3 is 2. The number of nitrogens with one attached hydrogen (secondary N) is 3. The largest absolute Gasteiger partial charge is 0.493 e. The first-order chi connectivity index (χ1) is 25.8. The fourth-order valence-electron chi connectivity index (χ4n) is 6.24. The highest BCUT2D eigenvalue weighted by Crippen LogP contribution is 2.42. The zero-order valence-corrected chi connectivity index (χ0v) is 31.1. The Hall–Kier alpha value is -5.83. The van der Waals surface area contributed by atoms with Crippen LogP contribution in [0.15, 0.2) is 114 Å². The first-order valence-corrected chi connectivity index (χ1v) is 18.7. The second kappa shape index (κ2) is 17.1. The number of benzene rings is 4. The zero-order chi connectivity index (χ0) is 37.3. The number of ether oxygens (including phenoxy) is 2. The van der Waals surface area contributed by atoms with Gasteiger partial charge in [-0.1, -0.05) is 66.7 Å². The van der Waals surface area contributed by atoms with Gasteiger partial charge in [-0.25, -0.2) is 0 Å². The molecular weight excluding hydrogens is 705 g/mol. The molecule has 11 heteroatoms.